The highest BCUT2D eigenvalue weighted by atomic mass is 16.1. The van der Waals surface area contributed by atoms with Gasteiger partial charge in [0.2, 0.25) is 5.91 Å². The summed E-state index contributed by atoms with van der Waals surface area (Å²) >= 11 is 0. The number of rotatable bonds is 5. The van der Waals surface area contributed by atoms with Gasteiger partial charge in [-0.15, -0.1) is 0 Å². The van der Waals surface area contributed by atoms with Crippen LogP contribution in [0.3, 0.4) is 0 Å². The molecule has 6 heteroatoms. The molecule has 120 valence electrons. The number of aryl methyl sites for hydroxylation is 1. The maximum Gasteiger partial charge on any atom is 0.248 e. The molecule has 3 aromatic rings. The Kier molecular flexibility index (Phi) is 4.47. The molecule has 24 heavy (non-hydrogen) atoms. The first-order valence-electron chi connectivity index (χ1n) is 7.50. The molecule has 0 saturated carbocycles. The minimum Gasteiger partial charge on any atom is -0.366 e. The molecule has 0 aliphatic heterocycles. The van der Waals surface area contributed by atoms with E-state index >= 15 is 0 Å². The molecule has 1 amide bonds. The fraction of sp³-hybridized carbons (Fsp3) is 0.111. The van der Waals surface area contributed by atoms with Crippen LogP contribution in [-0.4, -0.2) is 20.9 Å². The molecule has 3 rings (SSSR count). The predicted molar refractivity (Wildman–Crippen MR) is 92.3 cm³/mol. The zero-order chi connectivity index (χ0) is 16.9. The predicted octanol–water partition coefficient (Wildman–Crippen LogP) is 2.56. The number of nitrogens with zero attached hydrogens (tertiary/aromatic N) is 3. The zero-order valence-corrected chi connectivity index (χ0v) is 13.2. The van der Waals surface area contributed by atoms with Crippen LogP contribution in [0.2, 0.25) is 0 Å². The second kappa shape index (κ2) is 6.87. The fourth-order valence-corrected chi connectivity index (χ4v) is 2.27. The molecule has 0 fully saturated rings. The number of carbonyl (C=O) groups is 1. The lowest BCUT2D eigenvalue weighted by atomic mass is 10.1. The Morgan fingerprint density at radius 2 is 1.79 bits per heavy atom. The summed E-state index contributed by atoms with van der Waals surface area (Å²) in [7, 11) is 0. The summed E-state index contributed by atoms with van der Waals surface area (Å²) in [6.07, 6.45) is 3.43. The summed E-state index contributed by atoms with van der Waals surface area (Å²) in [6.45, 7) is 2.52. The Hall–Kier alpha value is -3.28. The molecule has 6 nitrogen and oxygen atoms in total. The minimum atomic E-state index is -0.428. The first-order valence-corrected chi connectivity index (χ1v) is 7.50. The number of nitrogens with one attached hydrogen (secondary N) is 1. The van der Waals surface area contributed by atoms with Crippen LogP contribution in [0.25, 0.3) is 11.4 Å². The Balaban J connectivity index is 1.75. The number of primary amides is 1. The third-order valence-electron chi connectivity index (χ3n) is 3.50. The average Bonchev–Trinajstić information content (AvgIpc) is 2.60. The normalized spacial score (nSPS) is 10.4. The summed E-state index contributed by atoms with van der Waals surface area (Å²) in [5.74, 6) is 0.972. The molecule has 0 spiro atoms. The van der Waals surface area contributed by atoms with E-state index in [-0.39, 0.29) is 0 Å². The number of carbonyl (C=O) groups excluding carboxylic acids is 1. The second-order valence-corrected chi connectivity index (χ2v) is 5.37. The van der Waals surface area contributed by atoms with Crippen molar-refractivity contribution < 1.29 is 4.79 Å². The van der Waals surface area contributed by atoms with Gasteiger partial charge in [-0.3, -0.25) is 9.78 Å². The number of aromatic nitrogens is 3. The quantitative estimate of drug-likeness (QED) is 0.754. The van der Waals surface area contributed by atoms with Crippen molar-refractivity contribution in [3.63, 3.8) is 0 Å². The summed E-state index contributed by atoms with van der Waals surface area (Å²) in [6, 6.07) is 12.8. The topological polar surface area (TPSA) is 93.8 Å². The van der Waals surface area contributed by atoms with Crippen LogP contribution in [-0.2, 0) is 6.54 Å². The molecule has 0 saturated heterocycles. The van der Waals surface area contributed by atoms with Crippen molar-refractivity contribution in [2.75, 3.05) is 5.32 Å². The second-order valence-electron chi connectivity index (χ2n) is 5.37. The van der Waals surface area contributed by atoms with Gasteiger partial charge in [0.1, 0.15) is 5.82 Å². The van der Waals surface area contributed by atoms with Crippen molar-refractivity contribution in [1.29, 1.82) is 0 Å². The van der Waals surface area contributed by atoms with E-state index in [1.54, 1.807) is 24.5 Å². The smallest absolute Gasteiger partial charge is 0.248 e. The van der Waals surface area contributed by atoms with E-state index in [0.717, 1.165) is 22.6 Å². The lowest BCUT2D eigenvalue weighted by Crippen LogP contribution is -2.11. The molecule has 0 aliphatic carbocycles. The number of pyridine rings is 1. The fourth-order valence-electron chi connectivity index (χ4n) is 2.27. The largest absolute Gasteiger partial charge is 0.366 e. The monoisotopic (exact) mass is 319 g/mol. The summed E-state index contributed by atoms with van der Waals surface area (Å²) in [5, 5.41) is 3.28. The first-order chi connectivity index (χ1) is 11.6. The molecule has 0 radical (unpaired) electrons. The highest BCUT2D eigenvalue weighted by Crippen LogP contribution is 2.17. The maximum atomic E-state index is 11.1. The summed E-state index contributed by atoms with van der Waals surface area (Å²) in [5.41, 5.74) is 8.56. The molecule has 0 bridgehead atoms. The van der Waals surface area contributed by atoms with Crippen LogP contribution in [0.15, 0.2) is 54.9 Å². The van der Waals surface area contributed by atoms with Crippen molar-refractivity contribution in [1.82, 2.24) is 15.0 Å². The van der Waals surface area contributed by atoms with Gasteiger partial charge in [-0.05, 0) is 36.8 Å². The van der Waals surface area contributed by atoms with Gasteiger partial charge < -0.3 is 11.1 Å². The van der Waals surface area contributed by atoms with E-state index in [1.807, 2.05) is 37.3 Å². The van der Waals surface area contributed by atoms with E-state index in [9.17, 15) is 4.79 Å². The molecule has 0 atom stereocenters. The molecule has 0 aliphatic rings. The summed E-state index contributed by atoms with van der Waals surface area (Å²) in [4.78, 5) is 24.1. The Morgan fingerprint density at radius 3 is 2.46 bits per heavy atom. The molecule has 1 aromatic carbocycles. The first kappa shape index (κ1) is 15.6. The number of benzene rings is 1. The Labute approximate surface area is 139 Å². The van der Waals surface area contributed by atoms with Gasteiger partial charge in [-0.1, -0.05) is 12.1 Å². The van der Waals surface area contributed by atoms with Crippen molar-refractivity contribution >= 4 is 11.7 Å². The van der Waals surface area contributed by atoms with Gasteiger partial charge in [0.05, 0.1) is 0 Å². The van der Waals surface area contributed by atoms with Crippen LogP contribution in [0.4, 0.5) is 5.82 Å². The van der Waals surface area contributed by atoms with E-state index in [0.29, 0.717) is 17.9 Å². The van der Waals surface area contributed by atoms with E-state index in [2.05, 4.69) is 20.3 Å². The van der Waals surface area contributed by atoms with Crippen LogP contribution in [0.5, 0.6) is 0 Å². The molecule has 3 N–H and O–H groups in total. The van der Waals surface area contributed by atoms with Crippen molar-refractivity contribution in [3.8, 4) is 11.4 Å². The van der Waals surface area contributed by atoms with Crippen molar-refractivity contribution in [2.24, 2.45) is 5.73 Å². The van der Waals surface area contributed by atoms with Crippen molar-refractivity contribution in [2.45, 2.75) is 13.5 Å². The highest BCUT2D eigenvalue weighted by Gasteiger charge is 2.05. The van der Waals surface area contributed by atoms with Gasteiger partial charge in [0.15, 0.2) is 5.82 Å². The van der Waals surface area contributed by atoms with Gasteiger partial charge in [-0.2, -0.15) is 0 Å². The Bertz CT molecular complexity index is 847. The third-order valence-corrected chi connectivity index (χ3v) is 3.50. The lowest BCUT2D eigenvalue weighted by Gasteiger charge is -2.09. The van der Waals surface area contributed by atoms with Crippen LogP contribution >= 0.6 is 0 Å². The van der Waals surface area contributed by atoms with Gasteiger partial charge in [0.25, 0.3) is 0 Å². The molecule has 2 aromatic heterocycles. The Morgan fingerprint density at radius 1 is 1.08 bits per heavy atom. The third kappa shape index (κ3) is 3.73. The SMILES string of the molecule is Cc1cc(NCc2ccc(C(N)=O)cc2)nc(-c2ccncc2)n1. The van der Waals surface area contributed by atoms with Gasteiger partial charge in [-0.25, -0.2) is 9.97 Å². The number of nitrogens with two attached hydrogens (primary N) is 1. The standard InChI is InChI=1S/C18H17N5O/c1-12-10-16(23-18(22-12)15-6-8-20-9-7-15)21-11-13-2-4-14(5-3-13)17(19)24/h2-10H,11H2,1H3,(H2,19,24)(H,21,22,23). The average molecular weight is 319 g/mol. The molecule has 0 unspecified atom stereocenters. The van der Waals surface area contributed by atoms with Crippen LogP contribution in [0, 0.1) is 6.92 Å². The van der Waals surface area contributed by atoms with Gasteiger partial charge in [0, 0.05) is 41.8 Å². The van der Waals surface area contributed by atoms with Gasteiger partial charge >= 0.3 is 0 Å². The van der Waals surface area contributed by atoms with Crippen molar-refractivity contribution in [3.05, 3.63) is 71.7 Å². The number of hydrogen-bond acceptors (Lipinski definition) is 5. The van der Waals surface area contributed by atoms with Crippen LogP contribution < -0.4 is 11.1 Å². The number of hydrogen-bond donors (Lipinski definition) is 2. The van der Waals surface area contributed by atoms with E-state index in [4.69, 9.17) is 5.73 Å². The molecular formula is C18H17N5O. The lowest BCUT2D eigenvalue weighted by molar-refractivity contribution is 0.100. The highest BCUT2D eigenvalue weighted by molar-refractivity contribution is 5.92. The summed E-state index contributed by atoms with van der Waals surface area (Å²) < 4.78 is 0. The van der Waals surface area contributed by atoms with E-state index in [1.165, 1.54) is 0 Å². The minimum absolute atomic E-state index is 0.428. The molecule has 2 heterocycles. The number of anilines is 1. The maximum absolute atomic E-state index is 11.1. The number of amides is 1. The van der Waals surface area contributed by atoms with E-state index < -0.39 is 5.91 Å². The molecular weight excluding hydrogens is 302 g/mol. The zero-order valence-electron chi connectivity index (χ0n) is 13.2. The van der Waals surface area contributed by atoms with Crippen LogP contribution in [0.1, 0.15) is 21.6 Å².